The van der Waals surface area contributed by atoms with Gasteiger partial charge in [-0.3, -0.25) is 9.36 Å². The van der Waals surface area contributed by atoms with E-state index in [1.807, 2.05) is 60.7 Å². The molecule has 1 aliphatic rings. The summed E-state index contributed by atoms with van der Waals surface area (Å²) < 4.78 is 1.80. The van der Waals surface area contributed by atoms with Crippen molar-refractivity contribution in [3.63, 3.8) is 0 Å². The highest BCUT2D eigenvalue weighted by atomic mass is 16.1. The van der Waals surface area contributed by atoms with Crippen LogP contribution in [0.25, 0.3) is 10.9 Å². The first-order chi connectivity index (χ1) is 12.8. The minimum absolute atomic E-state index is 0.00890. The van der Waals surface area contributed by atoms with Gasteiger partial charge in [0.05, 0.1) is 23.0 Å². The lowest BCUT2D eigenvalue weighted by molar-refractivity contribution is 0.556. The minimum atomic E-state index is -0.141. The summed E-state index contributed by atoms with van der Waals surface area (Å²) in [5.41, 5.74) is 2.93. The Kier molecular flexibility index (Phi) is 3.35. The van der Waals surface area contributed by atoms with E-state index in [9.17, 15) is 4.79 Å². The fourth-order valence-electron chi connectivity index (χ4n) is 3.79. The largest absolute Gasteiger partial charge is 0.346 e. The third-order valence-corrected chi connectivity index (χ3v) is 4.99. The fraction of sp³-hybridized carbons (Fsp3) is 0.0909. The van der Waals surface area contributed by atoms with E-state index in [2.05, 4.69) is 29.6 Å². The maximum atomic E-state index is 13.3. The third-order valence-electron chi connectivity index (χ3n) is 4.99. The molecule has 2 atom stereocenters. The van der Waals surface area contributed by atoms with Crippen LogP contribution in [0, 0.1) is 0 Å². The Morgan fingerprint density at radius 2 is 1.38 bits per heavy atom. The first kappa shape index (κ1) is 14.9. The molecular formula is C22H17N3O. The molecule has 0 bridgehead atoms. The third kappa shape index (κ3) is 2.23. The maximum absolute atomic E-state index is 13.3. The number of para-hydroxylation sites is 1. The number of hydrogen-bond donors (Lipinski definition) is 1. The van der Waals surface area contributed by atoms with Crippen molar-refractivity contribution in [3.8, 4) is 0 Å². The van der Waals surface area contributed by atoms with E-state index in [0.717, 1.165) is 16.6 Å². The summed E-state index contributed by atoms with van der Waals surface area (Å²) in [7, 11) is 0. The molecule has 5 rings (SSSR count). The van der Waals surface area contributed by atoms with Crippen LogP contribution in [0.1, 0.15) is 23.2 Å². The Morgan fingerprint density at radius 1 is 0.769 bits per heavy atom. The molecule has 0 amide bonds. The van der Waals surface area contributed by atoms with Crippen molar-refractivity contribution < 1.29 is 0 Å². The molecule has 1 N–H and O–H groups in total. The molecule has 1 aromatic heterocycles. The van der Waals surface area contributed by atoms with Crippen LogP contribution in [0.2, 0.25) is 0 Å². The minimum Gasteiger partial charge on any atom is -0.346 e. The molecule has 0 spiro atoms. The number of benzene rings is 3. The second-order valence-corrected chi connectivity index (χ2v) is 6.52. The first-order valence-electron chi connectivity index (χ1n) is 8.70. The molecule has 4 heteroatoms. The number of anilines is 1. The number of nitrogens with one attached hydrogen (secondary N) is 1. The van der Waals surface area contributed by atoms with Crippen LogP contribution < -0.4 is 10.9 Å². The van der Waals surface area contributed by atoms with E-state index in [1.54, 1.807) is 4.57 Å². The predicted molar refractivity (Wildman–Crippen MR) is 103 cm³/mol. The number of aromatic nitrogens is 2. The van der Waals surface area contributed by atoms with Crippen LogP contribution in [0.5, 0.6) is 0 Å². The monoisotopic (exact) mass is 339 g/mol. The van der Waals surface area contributed by atoms with Gasteiger partial charge in [0.25, 0.3) is 5.56 Å². The second kappa shape index (κ2) is 5.85. The number of nitrogens with zero attached hydrogens (tertiary/aromatic N) is 2. The van der Waals surface area contributed by atoms with Gasteiger partial charge in [-0.15, -0.1) is 0 Å². The number of hydrogen-bond acceptors (Lipinski definition) is 3. The molecule has 26 heavy (non-hydrogen) atoms. The SMILES string of the molecule is O=c1c2ccccc2nc2n1C(c1ccccc1)C(c1ccccc1)N2. The van der Waals surface area contributed by atoms with Crippen molar-refractivity contribution in [2.45, 2.75) is 12.1 Å². The molecule has 0 fully saturated rings. The van der Waals surface area contributed by atoms with Gasteiger partial charge in [0.2, 0.25) is 5.95 Å². The Bertz CT molecular complexity index is 1140. The smallest absolute Gasteiger partial charge is 0.263 e. The van der Waals surface area contributed by atoms with Crippen molar-refractivity contribution in [1.82, 2.24) is 9.55 Å². The van der Waals surface area contributed by atoms with Gasteiger partial charge in [-0.2, -0.15) is 0 Å². The van der Waals surface area contributed by atoms with E-state index >= 15 is 0 Å². The molecule has 0 aliphatic carbocycles. The van der Waals surface area contributed by atoms with Crippen LogP contribution >= 0.6 is 0 Å². The van der Waals surface area contributed by atoms with Gasteiger partial charge < -0.3 is 5.32 Å². The number of rotatable bonds is 2. The number of fused-ring (bicyclic) bond motifs is 2. The van der Waals surface area contributed by atoms with Crippen LogP contribution in [-0.2, 0) is 0 Å². The normalized spacial score (nSPS) is 18.5. The average Bonchev–Trinajstić information content (AvgIpc) is 3.09. The summed E-state index contributed by atoms with van der Waals surface area (Å²) >= 11 is 0. The van der Waals surface area contributed by atoms with E-state index in [1.165, 1.54) is 0 Å². The zero-order valence-electron chi connectivity index (χ0n) is 14.0. The van der Waals surface area contributed by atoms with Crippen molar-refractivity contribution in [3.05, 3.63) is 106 Å². The summed E-state index contributed by atoms with van der Waals surface area (Å²) in [6, 6.07) is 27.7. The van der Waals surface area contributed by atoms with Crippen LogP contribution in [-0.4, -0.2) is 9.55 Å². The van der Waals surface area contributed by atoms with E-state index in [4.69, 9.17) is 4.98 Å². The molecule has 4 nitrogen and oxygen atoms in total. The topological polar surface area (TPSA) is 46.9 Å². The summed E-state index contributed by atoms with van der Waals surface area (Å²) in [5, 5.41) is 4.13. The van der Waals surface area contributed by atoms with Gasteiger partial charge in [0.1, 0.15) is 0 Å². The van der Waals surface area contributed by atoms with Crippen LogP contribution in [0.4, 0.5) is 5.95 Å². The molecule has 126 valence electrons. The van der Waals surface area contributed by atoms with Crippen LogP contribution in [0.3, 0.4) is 0 Å². The first-order valence-corrected chi connectivity index (χ1v) is 8.70. The highest BCUT2D eigenvalue weighted by Crippen LogP contribution is 2.40. The molecule has 0 saturated carbocycles. The summed E-state index contributed by atoms with van der Waals surface area (Å²) in [5.74, 6) is 0.622. The zero-order chi connectivity index (χ0) is 17.5. The summed E-state index contributed by atoms with van der Waals surface area (Å²) in [4.78, 5) is 18.0. The average molecular weight is 339 g/mol. The fourth-order valence-corrected chi connectivity index (χ4v) is 3.79. The van der Waals surface area contributed by atoms with Crippen LogP contribution in [0.15, 0.2) is 89.7 Å². The van der Waals surface area contributed by atoms with Gasteiger partial charge in [-0.25, -0.2) is 4.98 Å². The second-order valence-electron chi connectivity index (χ2n) is 6.52. The molecule has 1 aliphatic heterocycles. The molecule has 4 aromatic rings. The zero-order valence-corrected chi connectivity index (χ0v) is 14.0. The molecule has 2 heterocycles. The van der Waals surface area contributed by atoms with E-state index in [0.29, 0.717) is 11.3 Å². The maximum Gasteiger partial charge on any atom is 0.263 e. The summed E-state index contributed by atoms with van der Waals surface area (Å²) in [6.07, 6.45) is 0. The molecule has 0 saturated heterocycles. The molecule has 2 unspecified atom stereocenters. The van der Waals surface area contributed by atoms with Crippen molar-refractivity contribution in [2.24, 2.45) is 0 Å². The molecular weight excluding hydrogens is 322 g/mol. The predicted octanol–water partition coefficient (Wildman–Crippen LogP) is 4.15. The van der Waals surface area contributed by atoms with Crippen molar-refractivity contribution in [1.29, 1.82) is 0 Å². The highest BCUT2D eigenvalue weighted by Gasteiger charge is 2.36. The Hall–Kier alpha value is -3.40. The van der Waals surface area contributed by atoms with E-state index in [-0.39, 0.29) is 17.6 Å². The van der Waals surface area contributed by atoms with Gasteiger partial charge >= 0.3 is 0 Å². The van der Waals surface area contributed by atoms with Gasteiger partial charge in [0, 0.05) is 0 Å². The molecule has 3 aromatic carbocycles. The van der Waals surface area contributed by atoms with Crippen molar-refractivity contribution in [2.75, 3.05) is 5.32 Å². The van der Waals surface area contributed by atoms with Crippen molar-refractivity contribution >= 4 is 16.9 Å². The lowest BCUT2D eigenvalue weighted by Crippen LogP contribution is -2.25. The van der Waals surface area contributed by atoms with Gasteiger partial charge in [-0.1, -0.05) is 72.8 Å². The standard InChI is InChI=1S/C22H17N3O/c26-21-17-13-7-8-14-18(17)23-22-24-19(15-9-3-1-4-10-15)20(25(21)22)16-11-5-2-6-12-16/h1-14,19-20H,(H,23,24). The quantitative estimate of drug-likeness (QED) is 0.597. The molecule has 0 radical (unpaired) electrons. The Balaban J connectivity index is 1.78. The van der Waals surface area contributed by atoms with E-state index < -0.39 is 0 Å². The summed E-state index contributed by atoms with van der Waals surface area (Å²) in [6.45, 7) is 0. The Morgan fingerprint density at radius 3 is 2.12 bits per heavy atom. The lowest BCUT2D eigenvalue weighted by Gasteiger charge is -2.21. The van der Waals surface area contributed by atoms with Gasteiger partial charge in [-0.05, 0) is 23.3 Å². The lowest BCUT2D eigenvalue weighted by atomic mass is 9.94. The van der Waals surface area contributed by atoms with Gasteiger partial charge in [0.15, 0.2) is 0 Å². The Labute approximate surface area is 150 Å². The highest BCUT2D eigenvalue weighted by molar-refractivity contribution is 5.79.